The van der Waals surface area contributed by atoms with Gasteiger partial charge in [0.05, 0.1) is 0 Å². The summed E-state index contributed by atoms with van der Waals surface area (Å²) in [4.78, 5) is 34.9. The van der Waals surface area contributed by atoms with E-state index in [-0.39, 0.29) is 23.5 Å². The molecule has 1 atom stereocenters. The molecule has 0 fully saturated rings. The molecule has 6 nitrogen and oxygen atoms in total. The molecule has 1 amide bonds. The highest BCUT2D eigenvalue weighted by atomic mass is 16.5. The molecule has 0 aliphatic rings. The predicted octanol–water partition coefficient (Wildman–Crippen LogP) is 1.67. The molecule has 0 saturated heterocycles. The van der Waals surface area contributed by atoms with E-state index < -0.39 is 17.8 Å². The van der Waals surface area contributed by atoms with Gasteiger partial charge in [-0.25, -0.2) is 0 Å². The fourth-order valence-electron chi connectivity index (χ4n) is 2.23. The summed E-state index contributed by atoms with van der Waals surface area (Å²) in [6, 6.07) is 12.5. The van der Waals surface area contributed by atoms with Crippen molar-refractivity contribution in [1.29, 1.82) is 0 Å². The second-order valence-corrected chi connectivity index (χ2v) is 5.20. The first-order valence-electron chi connectivity index (χ1n) is 7.23. The van der Waals surface area contributed by atoms with E-state index in [9.17, 15) is 19.5 Å². The first-order chi connectivity index (χ1) is 11.4. The third kappa shape index (κ3) is 4.05. The van der Waals surface area contributed by atoms with Crippen LogP contribution in [-0.2, 0) is 4.79 Å². The zero-order valence-electron chi connectivity index (χ0n) is 13.1. The third-order valence-electron chi connectivity index (χ3n) is 3.38. The number of aliphatic hydroxyl groups is 1. The minimum Gasteiger partial charge on any atom is -0.484 e. The molecular formula is C18H17NO5. The number of nitrogens with two attached hydrogens (primary N) is 1. The van der Waals surface area contributed by atoms with Crippen LogP contribution in [0, 0.1) is 0 Å². The first kappa shape index (κ1) is 17.4. The molecule has 6 heteroatoms. The van der Waals surface area contributed by atoms with Gasteiger partial charge in [0.2, 0.25) is 0 Å². The molecule has 124 valence electrons. The number of hydrogen-bond acceptors (Lipinski definition) is 5. The van der Waals surface area contributed by atoms with Crippen LogP contribution in [0.2, 0.25) is 0 Å². The lowest BCUT2D eigenvalue weighted by molar-refractivity contribution is -0.119. The maximum Gasteiger partial charge on any atom is 0.255 e. The second kappa shape index (κ2) is 7.52. The van der Waals surface area contributed by atoms with Gasteiger partial charge in [0.1, 0.15) is 11.9 Å². The third-order valence-corrected chi connectivity index (χ3v) is 3.38. The number of aliphatic hydroxyl groups excluding tert-OH is 1. The van der Waals surface area contributed by atoms with Crippen molar-refractivity contribution in [1.82, 2.24) is 0 Å². The smallest absolute Gasteiger partial charge is 0.255 e. The highest BCUT2D eigenvalue weighted by Gasteiger charge is 2.23. The molecule has 3 N–H and O–H groups in total. The van der Waals surface area contributed by atoms with Crippen LogP contribution in [0.15, 0.2) is 48.5 Å². The Hall–Kier alpha value is -2.99. The molecule has 24 heavy (non-hydrogen) atoms. The number of primary amides is 1. The predicted molar refractivity (Wildman–Crippen MR) is 86.9 cm³/mol. The molecule has 2 aromatic carbocycles. The average Bonchev–Trinajstić information content (AvgIpc) is 2.58. The Morgan fingerprint density at radius 2 is 1.75 bits per heavy atom. The summed E-state index contributed by atoms with van der Waals surface area (Å²) in [6.07, 6.45) is -1.46. The summed E-state index contributed by atoms with van der Waals surface area (Å²) in [5.41, 5.74) is 5.71. The van der Waals surface area contributed by atoms with Crippen LogP contribution < -0.4 is 10.5 Å². The molecule has 2 aromatic rings. The van der Waals surface area contributed by atoms with Crippen molar-refractivity contribution in [2.45, 2.75) is 13.0 Å². The van der Waals surface area contributed by atoms with Gasteiger partial charge in [-0.1, -0.05) is 36.4 Å². The van der Waals surface area contributed by atoms with E-state index in [2.05, 4.69) is 0 Å². The number of carbonyl (C=O) groups is 3. The van der Waals surface area contributed by atoms with Crippen molar-refractivity contribution >= 4 is 17.5 Å². The van der Waals surface area contributed by atoms with Crippen molar-refractivity contribution in [3.05, 3.63) is 65.2 Å². The van der Waals surface area contributed by atoms with E-state index in [1.54, 1.807) is 30.3 Å². The molecule has 0 saturated carbocycles. The number of Topliss-reactive ketones (excluding diaryl/α,β-unsaturated/α-hetero) is 2. The molecule has 0 bridgehead atoms. The van der Waals surface area contributed by atoms with Crippen LogP contribution >= 0.6 is 0 Å². The van der Waals surface area contributed by atoms with Gasteiger partial charge in [0, 0.05) is 11.1 Å². The molecule has 0 spiro atoms. The van der Waals surface area contributed by atoms with E-state index in [0.717, 1.165) is 0 Å². The lowest BCUT2D eigenvalue weighted by atomic mass is 9.94. The number of benzene rings is 2. The summed E-state index contributed by atoms with van der Waals surface area (Å²) in [5.74, 6) is -1.18. The highest BCUT2D eigenvalue weighted by Crippen LogP contribution is 2.24. The average molecular weight is 327 g/mol. The Kier molecular flexibility index (Phi) is 5.44. The van der Waals surface area contributed by atoms with Crippen LogP contribution in [0.3, 0.4) is 0 Å². The largest absolute Gasteiger partial charge is 0.484 e. The Labute approximate surface area is 138 Å². The summed E-state index contributed by atoms with van der Waals surface area (Å²) in [7, 11) is 0. The Balaban J connectivity index is 2.27. The van der Waals surface area contributed by atoms with Gasteiger partial charge in [-0.15, -0.1) is 0 Å². The van der Waals surface area contributed by atoms with Gasteiger partial charge >= 0.3 is 0 Å². The zero-order chi connectivity index (χ0) is 17.7. The summed E-state index contributed by atoms with van der Waals surface area (Å²) in [5, 5.41) is 10.3. The van der Waals surface area contributed by atoms with Crippen LogP contribution in [0.1, 0.15) is 39.3 Å². The quantitative estimate of drug-likeness (QED) is 0.752. The van der Waals surface area contributed by atoms with Crippen molar-refractivity contribution in [3.8, 4) is 5.75 Å². The van der Waals surface area contributed by atoms with Crippen molar-refractivity contribution in [2.75, 3.05) is 6.61 Å². The fraction of sp³-hybridized carbons (Fsp3) is 0.167. The first-order valence-corrected chi connectivity index (χ1v) is 7.23. The Bertz CT molecular complexity index is 784. The van der Waals surface area contributed by atoms with E-state index in [0.29, 0.717) is 11.3 Å². The topological polar surface area (TPSA) is 107 Å². The highest BCUT2D eigenvalue weighted by molar-refractivity contribution is 6.09. The lowest BCUT2D eigenvalue weighted by Gasteiger charge is -2.13. The van der Waals surface area contributed by atoms with Crippen molar-refractivity contribution in [3.63, 3.8) is 0 Å². The summed E-state index contributed by atoms with van der Waals surface area (Å²) in [6.45, 7) is 1.05. The maximum atomic E-state index is 12.5. The van der Waals surface area contributed by atoms with Gasteiger partial charge in [-0.05, 0) is 24.6 Å². The molecule has 0 aliphatic carbocycles. The van der Waals surface area contributed by atoms with Crippen molar-refractivity contribution in [2.24, 2.45) is 5.73 Å². The standard InChI is InChI=1S/C18H17NO5/c1-11(20)14-7-2-3-8-15(14)18(23)17(22)12-5-4-6-13(9-12)24-10-16(19)21/h2-9,17,22H,10H2,1H3,(H2,19,21). The van der Waals surface area contributed by atoms with Gasteiger partial charge < -0.3 is 15.6 Å². The monoisotopic (exact) mass is 327 g/mol. The Morgan fingerprint density at radius 1 is 1.08 bits per heavy atom. The normalized spacial score (nSPS) is 11.6. The van der Waals surface area contributed by atoms with E-state index >= 15 is 0 Å². The lowest BCUT2D eigenvalue weighted by Crippen LogP contribution is -2.20. The number of carbonyl (C=O) groups excluding carboxylic acids is 3. The van der Waals surface area contributed by atoms with Crippen LogP contribution in [0.5, 0.6) is 5.75 Å². The molecular weight excluding hydrogens is 310 g/mol. The van der Waals surface area contributed by atoms with Gasteiger partial charge in [0.15, 0.2) is 18.2 Å². The van der Waals surface area contributed by atoms with Crippen LogP contribution in [-0.4, -0.2) is 29.2 Å². The number of ketones is 2. The number of amides is 1. The molecule has 0 aromatic heterocycles. The minimum absolute atomic E-state index is 0.154. The van der Waals surface area contributed by atoms with E-state index in [1.165, 1.54) is 25.1 Å². The molecule has 0 aliphatic heterocycles. The van der Waals surface area contributed by atoms with Crippen LogP contribution in [0.4, 0.5) is 0 Å². The summed E-state index contributed by atoms with van der Waals surface area (Å²) >= 11 is 0. The minimum atomic E-state index is -1.46. The maximum absolute atomic E-state index is 12.5. The molecule has 1 unspecified atom stereocenters. The number of ether oxygens (including phenoxy) is 1. The fourth-order valence-corrected chi connectivity index (χ4v) is 2.23. The molecule has 2 rings (SSSR count). The number of hydrogen-bond donors (Lipinski definition) is 2. The number of rotatable bonds is 7. The second-order valence-electron chi connectivity index (χ2n) is 5.20. The van der Waals surface area contributed by atoms with E-state index in [4.69, 9.17) is 10.5 Å². The Morgan fingerprint density at radius 3 is 2.38 bits per heavy atom. The van der Waals surface area contributed by atoms with Crippen molar-refractivity contribution < 1.29 is 24.2 Å². The van der Waals surface area contributed by atoms with Crippen LogP contribution in [0.25, 0.3) is 0 Å². The van der Waals surface area contributed by atoms with Gasteiger partial charge in [-0.3, -0.25) is 14.4 Å². The SMILES string of the molecule is CC(=O)c1ccccc1C(=O)C(O)c1cccc(OCC(N)=O)c1. The van der Waals surface area contributed by atoms with E-state index in [1.807, 2.05) is 0 Å². The van der Waals surface area contributed by atoms with Gasteiger partial charge in [0.25, 0.3) is 5.91 Å². The van der Waals surface area contributed by atoms with Gasteiger partial charge in [-0.2, -0.15) is 0 Å². The molecule has 0 radical (unpaired) electrons. The zero-order valence-corrected chi connectivity index (χ0v) is 13.1. The molecule has 0 heterocycles. The summed E-state index contributed by atoms with van der Waals surface area (Å²) < 4.78 is 5.15.